The van der Waals surface area contributed by atoms with Gasteiger partial charge in [-0.2, -0.15) is 0 Å². The largest absolute Gasteiger partial charge is 0.481 e. The molecular formula is C16H21NO3. The van der Waals surface area contributed by atoms with E-state index in [1.807, 2.05) is 12.1 Å². The Morgan fingerprint density at radius 2 is 2.10 bits per heavy atom. The van der Waals surface area contributed by atoms with Crippen LogP contribution in [-0.4, -0.2) is 17.0 Å². The first-order chi connectivity index (χ1) is 9.56. The van der Waals surface area contributed by atoms with Crippen molar-refractivity contribution in [2.24, 2.45) is 5.92 Å². The standard InChI is InChI=1S/C16H21NO3/c1-11(10-16(19)20)9-15(18)17-14-8-4-6-12-5-2-3-7-13(12)14/h2-3,5,7,11,14H,4,6,8-10H2,1H3,(H,17,18)(H,19,20)/t11-,14+/m0/s1. The maximum atomic E-state index is 12.0. The zero-order chi connectivity index (χ0) is 14.5. The summed E-state index contributed by atoms with van der Waals surface area (Å²) in [5.74, 6) is -1.04. The van der Waals surface area contributed by atoms with Crippen molar-refractivity contribution in [1.82, 2.24) is 5.32 Å². The van der Waals surface area contributed by atoms with Crippen LogP contribution < -0.4 is 5.32 Å². The number of aryl methyl sites for hydroxylation is 1. The first-order valence-electron chi connectivity index (χ1n) is 7.15. The summed E-state index contributed by atoms with van der Waals surface area (Å²) in [6, 6.07) is 8.28. The van der Waals surface area contributed by atoms with Crippen molar-refractivity contribution in [3.8, 4) is 0 Å². The highest BCUT2D eigenvalue weighted by Crippen LogP contribution is 2.29. The average Bonchev–Trinajstić information content (AvgIpc) is 2.38. The van der Waals surface area contributed by atoms with Crippen LogP contribution >= 0.6 is 0 Å². The number of benzene rings is 1. The molecule has 0 radical (unpaired) electrons. The molecule has 1 aliphatic carbocycles. The lowest BCUT2D eigenvalue weighted by Gasteiger charge is -2.26. The topological polar surface area (TPSA) is 66.4 Å². The van der Waals surface area contributed by atoms with Crippen molar-refractivity contribution in [3.63, 3.8) is 0 Å². The Morgan fingerprint density at radius 1 is 1.35 bits per heavy atom. The van der Waals surface area contributed by atoms with E-state index in [1.165, 1.54) is 11.1 Å². The van der Waals surface area contributed by atoms with Crippen LogP contribution in [0.15, 0.2) is 24.3 Å². The van der Waals surface area contributed by atoms with Gasteiger partial charge in [-0.25, -0.2) is 0 Å². The van der Waals surface area contributed by atoms with Crippen LogP contribution in [0.5, 0.6) is 0 Å². The van der Waals surface area contributed by atoms with E-state index in [2.05, 4.69) is 17.4 Å². The fraction of sp³-hybridized carbons (Fsp3) is 0.500. The van der Waals surface area contributed by atoms with Gasteiger partial charge in [0.2, 0.25) is 5.91 Å². The van der Waals surface area contributed by atoms with Crippen LogP contribution in [0.1, 0.15) is 49.8 Å². The number of rotatable bonds is 5. The lowest BCUT2D eigenvalue weighted by atomic mass is 9.87. The predicted molar refractivity (Wildman–Crippen MR) is 76.3 cm³/mol. The number of carbonyl (C=O) groups excluding carboxylic acids is 1. The molecule has 1 amide bonds. The van der Waals surface area contributed by atoms with E-state index in [-0.39, 0.29) is 30.7 Å². The van der Waals surface area contributed by atoms with Crippen LogP contribution in [0, 0.1) is 5.92 Å². The predicted octanol–water partition coefficient (Wildman–Crippen LogP) is 2.68. The van der Waals surface area contributed by atoms with Crippen molar-refractivity contribution in [3.05, 3.63) is 35.4 Å². The maximum absolute atomic E-state index is 12.0. The van der Waals surface area contributed by atoms with Gasteiger partial charge >= 0.3 is 5.97 Å². The summed E-state index contributed by atoms with van der Waals surface area (Å²) in [6.45, 7) is 1.79. The molecule has 0 unspecified atom stereocenters. The molecule has 1 aromatic rings. The average molecular weight is 275 g/mol. The highest BCUT2D eigenvalue weighted by Gasteiger charge is 2.22. The number of hydrogen-bond acceptors (Lipinski definition) is 2. The minimum absolute atomic E-state index is 0.0364. The molecule has 0 aliphatic heterocycles. The third-order valence-electron chi connectivity index (χ3n) is 3.76. The van der Waals surface area contributed by atoms with Crippen LogP contribution in [0.2, 0.25) is 0 Å². The van der Waals surface area contributed by atoms with Gasteiger partial charge in [0.1, 0.15) is 0 Å². The zero-order valence-electron chi connectivity index (χ0n) is 11.8. The lowest BCUT2D eigenvalue weighted by molar-refractivity contribution is -0.138. The quantitative estimate of drug-likeness (QED) is 0.868. The summed E-state index contributed by atoms with van der Waals surface area (Å²) in [5.41, 5.74) is 2.51. The van der Waals surface area contributed by atoms with E-state index in [0.717, 1.165) is 19.3 Å². The van der Waals surface area contributed by atoms with Crippen molar-refractivity contribution in [1.29, 1.82) is 0 Å². The van der Waals surface area contributed by atoms with Crippen molar-refractivity contribution >= 4 is 11.9 Å². The molecule has 2 rings (SSSR count). The number of carboxylic acid groups (broad SMARTS) is 1. The molecule has 0 fully saturated rings. The lowest BCUT2D eigenvalue weighted by Crippen LogP contribution is -2.32. The second-order valence-corrected chi connectivity index (χ2v) is 5.62. The number of nitrogens with one attached hydrogen (secondary N) is 1. The summed E-state index contributed by atoms with van der Waals surface area (Å²) < 4.78 is 0. The minimum Gasteiger partial charge on any atom is -0.481 e. The van der Waals surface area contributed by atoms with Gasteiger partial charge in [-0.05, 0) is 36.3 Å². The van der Waals surface area contributed by atoms with Crippen LogP contribution in [0.4, 0.5) is 0 Å². The summed E-state index contributed by atoms with van der Waals surface area (Å²) in [4.78, 5) is 22.6. The number of carbonyl (C=O) groups is 2. The van der Waals surface area contributed by atoms with Crippen LogP contribution in [-0.2, 0) is 16.0 Å². The number of fused-ring (bicyclic) bond motifs is 1. The van der Waals surface area contributed by atoms with Crippen molar-refractivity contribution in [2.75, 3.05) is 0 Å². The fourth-order valence-electron chi connectivity index (χ4n) is 2.84. The second kappa shape index (κ2) is 6.55. The van der Waals surface area contributed by atoms with E-state index in [9.17, 15) is 9.59 Å². The fourth-order valence-corrected chi connectivity index (χ4v) is 2.84. The Balaban J connectivity index is 1.94. The summed E-state index contributed by atoms with van der Waals surface area (Å²) >= 11 is 0. The molecule has 1 aromatic carbocycles. The summed E-state index contributed by atoms with van der Waals surface area (Å²) in [7, 11) is 0. The Labute approximate surface area is 119 Å². The maximum Gasteiger partial charge on any atom is 0.303 e. The number of hydrogen-bond donors (Lipinski definition) is 2. The van der Waals surface area contributed by atoms with Gasteiger partial charge in [0.15, 0.2) is 0 Å². The smallest absolute Gasteiger partial charge is 0.303 e. The highest BCUT2D eigenvalue weighted by atomic mass is 16.4. The van der Waals surface area contributed by atoms with Gasteiger partial charge < -0.3 is 10.4 Å². The molecule has 0 aromatic heterocycles. The minimum atomic E-state index is -0.853. The van der Waals surface area contributed by atoms with Crippen molar-refractivity contribution < 1.29 is 14.7 Å². The summed E-state index contributed by atoms with van der Waals surface area (Å²) in [5, 5.41) is 11.8. The van der Waals surface area contributed by atoms with Crippen molar-refractivity contribution in [2.45, 2.75) is 45.1 Å². The molecule has 2 atom stereocenters. The first-order valence-corrected chi connectivity index (χ1v) is 7.15. The zero-order valence-corrected chi connectivity index (χ0v) is 11.8. The molecule has 0 bridgehead atoms. The molecule has 4 nitrogen and oxygen atoms in total. The van der Waals surface area contributed by atoms with E-state index in [1.54, 1.807) is 6.92 Å². The molecule has 20 heavy (non-hydrogen) atoms. The molecule has 4 heteroatoms. The van der Waals surface area contributed by atoms with E-state index in [0.29, 0.717) is 0 Å². The molecule has 0 saturated heterocycles. The molecular weight excluding hydrogens is 254 g/mol. The second-order valence-electron chi connectivity index (χ2n) is 5.62. The Bertz CT molecular complexity index is 498. The highest BCUT2D eigenvalue weighted by molar-refractivity contribution is 5.77. The molecule has 2 N–H and O–H groups in total. The number of aliphatic carboxylic acids is 1. The van der Waals surface area contributed by atoms with Gasteiger partial charge in [0.05, 0.1) is 6.04 Å². The Morgan fingerprint density at radius 3 is 2.85 bits per heavy atom. The Kier molecular flexibility index (Phi) is 4.77. The van der Waals surface area contributed by atoms with Gasteiger partial charge in [-0.15, -0.1) is 0 Å². The summed E-state index contributed by atoms with van der Waals surface area (Å²) in [6.07, 6.45) is 3.40. The number of amides is 1. The first kappa shape index (κ1) is 14.6. The van der Waals surface area contributed by atoms with Crippen LogP contribution in [0.25, 0.3) is 0 Å². The van der Waals surface area contributed by atoms with E-state index >= 15 is 0 Å². The molecule has 0 saturated carbocycles. The van der Waals surface area contributed by atoms with Gasteiger partial charge in [0, 0.05) is 12.8 Å². The molecule has 0 heterocycles. The number of carboxylic acids is 1. The Hall–Kier alpha value is -1.84. The molecule has 1 aliphatic rings. The van der Waals surface area contributed by atoms with Crippen LogP contribution in [0.3, 0.4) is 0 Å². The van der Waals surface area contributed by atoms with Gasteiger partial charge in [-0.1, -0.05) is 31.2 Å². The monoisotopic (exact) mass is 275 g/mol. The van der Waals surface area contributed by atoms with E-state index < -0.39 is 5.97 Å². The SMILES string of the molecule is C[C@H](CC(=O)O)CC(=O)N[C@@H]1CCCc2ccccc21. The normalized spacial score (nSPS) is 18.9. The van der Waals surface area contributed by atoms with Gasteiger partial charge in [0.25, 0.3) is 0 Å². The third kappa shape index (κ3) is 3.83. The molecule has 108 valence electrons. The van der Waals surface area contributed by atoms with Gasteiger partial charge in [-0.3, -0.25) is 9.59 Å². The molecule has 0 spiro atoms. The van der Waals surface area contributed by atoms with E-state index in [4.69, 9.17) is 5.11 Å². The third-order valence-corrected chi connectivity index (χ3v) is 3.76.